The fourth-order valence-corrected chi connectivity index (χ4v) is 0. The van der Waals surface area contributed by atoms with Gasteiger partial charge in [-0.3, -0.25) is 5.57 Å². The van der Waals surface area contributed by atoms with Crippen LogP contribution in [0.25, 0.3) is 0 Å². The number of allylic oxidation sites excluding steroid dienone is 2. The molecule has 0 fully saturated rings. The molecule has 0 aliphatic carbocycles. The maximum absolute atomic E-state index is 2.94. The first-order valence-corrected chi connectivity index (χ1v) is 4.12. The largest absolute Gasteiger partial charge is 0.501 e. The second-order valence-electron chi connectivity index (χ2n) is 3.90. The van der Waals surface area contributed by atoms with E-state index < -0.39 is 0 Å². The zero-order chi connectivity index (χ0) is 9.49. The van der Waals surface area contributed by atoms with Gasteiger partial charge in [-0.1, -0.05) is 34.6 Å². The predicted octanol–water partition coefficient (Wildman–Crippen LogP) is 4.03. The molecule has 0 saturated carbocycles. The minimum Gasteiger partial charge on any atom is -0.501 e. The Morgan fingerprint density at radius 3 is 1.23 bits per heavy atom. The molecule has 0 aliphatic rings. The van der Waals surface area contributed by atoms with Crippen LogP contribution >= 0.6 is 0 Å². The Balaban J connectivity index is -0.0000000546. The van der Waals surface area contributed by atoms with Crippen LogP contribution in [0.5, 0.6) is 0 Å². The van der Waals surface area contributed by atoms with Gasteiger partial charge in [-0.25, -0.2) is 0 Å². The maximum atomic E-state index is 2.94. The molecule has 0 saturated heterocycles. The van der Waals surface area contributed by atoms with Crippen LogP contribution in [-0.2, 0) is 65.4 Å². The van der Waals surface area contributed by atoms with Gasteiger partial charge in [-0.2, -0.15) is 19.3 Å². The molecule has 0 rings (SSSR count). The van der Waals surface area contributed by atoms with Crippen molar-refractivity contribution in [3.8, 4) is 0 Å². The van der Waals surface area contributed by atoms with Gasteiger partial charge >= 0.3 is 0 Å². The molecule has 0 nitrogen and oxygen atoms in total. The van der Waals surface area contributed by atoms with E-state index >= 15 is 0 Å². The maximum Gasteiger partial charge on any atom is 0 e. The van der Waals surface area contributed by atoms with Gasteiger partial charge in [-0.05, 0) is 0 Å². The molecular formula is C11H22Y2-2. The first-order chi connectivity index (χ1) is 4.83. The van der Waals surface area contributed by atoms with Gasteiger partial charge in [0.15, 0.2) is 0 Å². The van der Waals surface area contributed by atoms with E-state index in [0.29, 0.717) is 5.41 Å². The Hall–Kier alpha value is 1.95. The average molecular weight is 332 g/mol. The molecule has 0 amide bonds. The fourth-order valence-electron chi connectivity index (χ4n) is 0. The van der Waals surface area contributed by atoms with Crippen LogP contribution in [0.1, 0.15) is 48.5 Å². The van der Waals surface area contributed by atoms with E-state index in [1.807, 2.05) is 20.8 Å². The molecule has 0 aromatic heterocycles. The molecule has 0 aliphatic heterocycles. The minimum absolute atomic E-state index is 0. The molecule has 0 N–H and O–H groups in total. The predicted molar refractivity (Wildman–Crippen MR) is 53.2 cm³/mol. The van der Waals surface area contributed by atoms with Gasteiger partial charge in [0.1, 0.15) is 0 Å². The van der Waals surface area contributed by atoms with E-state index in [0.717, 1.165) is 0 Å². The van der Waals surface area contributed by atoms with E-state index in [4.69, 9.17) is 0 Å². The van der Waals surface area contributed by atoms with Gasteiger partial charge in [0.05, 0.1) is 0 Å². The van der Waals surface area contributed by atoms with Crippen LogP contribution in [0.15, 0.2) is 5.57 Å². The Labute approximate surface area is 135 Å². The summed E-state index contributed by atoms with van der Waals surface area (Å²) in [7, 11) is 0. The summed E-state index contributed by atoms with van der Waals surface area (Å²) in [5, 5.41) is 0. The van der Waals surface area contributed by atoms with E-state index in [2.05, 4.69) is 40.2 Å². The van der Waals surface area contributed by atoms with Crippen molar-refractivity contribution in [2.75, 3.05) is 0 Å². The van der Waals surface area contributed by atoms with Crippen LogP contribution in [0, 0.1) is 17.9 Å². The Morgan fingerprint density at radius 2 is 1.23 bits per heavy atom. The van der Waals surface area contributed by atoms with Crippen molar-refractivity contribution in [1.29, 1.82) is 0 Å². The standard InChI is InChI=1S/C6H13.C5H9.2Y/c1-5-6(2,3)4;1-4-5(2)3;;/h5H,1-4H3;1-3H3;;/q2*-1;;. The zero-order valence-electron chi connectivity index (χ0n) is 10.2. The molecule has 2 radical (unpaired) electrons. The molecule has 13 heavy (non-hydrogen) atoms. The smallest absolute Gasteiger partial charge is 0 e. The van der Waals surface area contributed by atoms with Crippen LogP contribution in [0.4, 0.5) is 0 Å². The molecule has 0 bridgehead atoms. The molecule has 0 aromatic rings. The van der Waals surface area contributed by atoms with Crippen molar-refractivity contribution in [1.82, 2.24) is 0 Å². The molecule has 0 unspecified atom stereocenters. The van der Waals surface area contributed by atoms with Crippen LogP contribution in [-0.4, -0.2) is 0 Å². The van der Waals surface area contributed by atoms with E-state index in [9.17, 15) is 0 Å². The van der Waals surface area contributed by atoms with Gasteiger partial charge in [0.2, 0.25) is 0 Å². The molecule has 0 atom stereocenters. The van der Waals surface area contributed by atoms with E-state index in [1.54, 1.807) is 0 Å². The number of hydrogen-bond acceptors (Lipinski definition) is 0. The summed E-state index contributed by atoms with van der Waals surface area (Å²) in [6.45, 7) is 14.6. The second-order valence-corrected chi connectivity index (χ2v) is 3.90. The van der Waals surface area contributed by atoms with Gasteiger partial charge in [0, 0.05) is 65.4 Å². The average Bonchev–Trinajstić information content (AvgIpc) is 1.88. The van der Waals surface area contributed by atoms with Crippen molar-refractivity contribution < 1.29 is 65.4 Å². The topological polar surface area (TPSA) is 0 Å². The van der Waals surface area contributed by atoms with Crippen LogP contribution in [0.2, 0.25) is 0 Å². The number of hydrogen-bond donors (Lipinski definition) is 0. The minimum atomic E-state index is 0. The third kappa shape index (κ3) is 41.2. The summed E-state index contributed by atoms with van der Waals surface area (Å²) < 4.78 is 0. The Morgan fingerprint density at radius 1 is 1.08 bits per heavy atom. The molecule has 0 heterocycles. The van der Waals surface area contributed by atoms with Crippen molar-refractivity contribution >= 4 is 0 Å². The third-order valence-corrected chi connectivity index (χ3v) is 1.37. The summed E-state index contributed by atoms with van der Waals surface area (Å²) in [5.74, 6) is 0. The Bertz CT molecular complexity index is 106. The van der Waals surface area contributed by atoms with E-state index in [1.165, 1.54) is 5.57 Å². The molecular weight excluding hydrogens is 310 g/mol. The summed E-state index contributed by atoms with van der Waals surface area (Å²) in [5.41, 5.74) is 1.67. The third-order valence-electron chi connectivity index (χ3n) is 1.37. The quantitative estimate of drug-likeness (QED) is 0.588. The van der Waals surface area contributed by atoms with Crippen LogP contribution < -0.4 is 0 Å². The zero-order valence-corrected chi connectivity index (χ0v) is 15.9. The van der Waals surface area contributed by atoms with Crippen molar-refractivity contribution in [2.24, 2.45) is 5.41 Å². The van der Waals surface area contributed by atoms with E-state index in [-0.39, 0.29) is 65.4 Å². The Kier molecular flexibility index (Phi) is 26.0. The summed E-state index contributed by atoms with van der Waals surface area (Å²) in [6.07, 6.45) is 5.13. The molecule has 0 aromatic carbocycles. The molecule has 2 heteroatoms. The molecule has 74 valence electrons. The first-order valence-electron chi connectivity index (χ1n) is 4.12. The summed E-state index contributed by atoms with van der Waals surface area (Å²) in [4.78, 5) is 0. The SMILES string of the molecule is C[C-]=C(C)C.C[CH-]C(C)(C)C.[Y].[Y]. The van der Waals surface area contributed by atoms with Gasteiger partial charge in [0.25, 0.3) is 0 Å². The van der Waals surface area contributed by atoms with Crippen molar-refractivity contribution in [3.63, 3.8) is 0 Å². The summed E-state index contributed by atoms with van der Waals surface area (Å²) in [6, 6.07) is 0. The monoisotopic (exact) mass is 332 g/mol. The fraction of sp³-hybridized carbons (Fsp3) is 0.727. The van der Waals surface area contributed by atoms with Crippen molar-refractivity contribution in [3.05, 3.63) is 18.1 Å². The van der Waals surface area contributed by atoms with Crippen LogP contribution in [0.3, 0.4) is 0 Å². The second kappa shape index (κ2) is 13.9. The van der Waals surface area contributed by atoms with Crippen molar-refractivity contribution in [2.45, 2.75) is 48.5 Å². The number of rotatable bonds is 0. The normalized spacial score (nSPS) is 8.23. The van der Waals surface area contributed by atoms with Gasteiger partial charge in [-0.15, -0.1) is 0 Å². The summed E-state index contributed by atoms with van der Waals surface area (Å²) >= 11 is 0. The van der Waals surface area contributed by atoms with Gasteiger partial charge < -0.3 is 12.5 Å². The molecule has 0 spiro atoms. The first kappa shape index (κ1) is 24.3.